The van der Waals surface area contributed by atoms with Gasteiger partial charge in [-0.2, -0.15) is 13.2 Å². The van der Waals surface area contributed by atoms with Crippen molar-refractivity contribution in [2.45, 2.75) is 32.4 Å². The minimum absolute atomic E-state index is 0.310. The average Bonchev–Trinajstić information content (AvgIpc) is 2.77. The molecule has 6 heteroatoms. The van der Waals surface area contributed by atoms with E-state index in [0.717, 1.165) is 44.6 Å². The van der Waals surface area contributed by atoms with E-state index in [1.165, 1.54) is 0 Å². The molecule has 1 unspecified atom stereocenters. The zero-order chi connectivity index (χ0) is 14.0. The van der Waals surface area contributed by atoms with Crippen LogP contribution in [-0.2, 0) is 6.18 Å². The molecule has 0 aliphatic carbocycles. The molecular formula is C13H18F3N3. The first-order valence-electron chi connectivity index (χ1n) is 6.49. The fraction of sp³-hybridized carbons (Fsp3) is 0.615. The van der Waals surface area contributed by atoms with E-state index in [1.54, 1.807) is 0 Å². The number of anilines is 2. The molecule has 2 N–H and O–H groups in total. The largest absolute Gasteiger partial charge is 0.433 e. The first-order valence-corrected chi connectivity index (χ1v) is 6.49. The Bertz CT molecular complexity index is 445. The summed E-state index contributed by atoms with van der Waals surface area (Å²) in [5.74, 6) is 0.548. The minimum Gasteiger partial charge on any atom is -0.396 e. The maximum Gasteiger partial charge on any atom is 0.433 e. The molecular weight excluding hydrogens is 255 g/mol. The second-order valence-corrected chi connectivity index (χ2v) is 5.02. The number of rotatable bonds is 3. The van der Waals surface area contributed by atoms with Gasteiger partial charge in [-0.1, -0.05) is 13.3 Å². The molecule has 2 heterocycles. The van der Waals surface area contributed by atoms with Gasteiger partial charge in [0.05, 0.1) is 17.6 Å². The Morgan fingerprint density at radius 3 is 2.84 bits per heavy atom. The van der Waals surface area contributed by atoms with Gasteiger partial charge >= 0.3 is 6.18 Å². The molecule has 106 valence electrons. The number of hydrogen-bond donors (Lipinski definition) is 1. The lowest BCUT2D eigenvalue weighted by Gasteiger charge is -2.21. The summed E-state index contributed by atoms with van der Waals surface area (Å²) < 4.78 is 38.0. The predicted molar refractivity (Wildman–Crippen MR) is 68.9 cm³/mol. The number of nitrogens with zero attached hydrogens (tertiary/aromatic N) is 2. The van der Waals surface area contributed by atoms with Crippen molar-refractivity contribution in [3.63, 3.8) is 0 Å². The van der Waals surface area contributed by atoms with Crippen molar-refractivity contribution in [1.29, 1.82) is 0 Å². The number of nitrogens with two attached hydrogens (primary N) is 1. The number of halogens is 3. The van der Waals surface area contributed by atoms with Crippen LogP contribution in [0.25, 0.3) is 0 Å². The van der Waals surface area contributed by atoms with Gasteiger partial charge in [0.15, 0.2) is 0 Å². The van der Waals surface area contributed by atoms with Crippen LogP contribution in [0.1, 0.15) is 31.9 Å². The fourth-order valence-electron chi connectivity index (χ4n) is 2.58. The summed E-state index contributed by atoms with van der Waals surface area (Å²) in [6.07, 6.45) is -0.112. The minimum atomic E-state index is -4.43. The van der Waals surface area contributed by atoms with Crippen LogP contribution in [0.4, 0.5) is 24.5 Å². The van der Waals surface area contributed by atoms with Crippen molar-refractivity contribution in [2.24, 2.45) is 5.92 Å². The van der Waals surface area contributed by atoms with Crippen LogP contribution in [0.2, 0.25) is 0 Å². The Morgan fingerprint density at radius 1 is 1.47 bits per heavy atom. The van der Waals surface area contributed by atoms with Crippen LogP contribution in [0, 0.1) is 5.92 Å². The Balaban J connectivity index is 2.20. The summed E-state index contributed by atoms with van der Waals surface area (Å²) in [7, 11) is 0. The summed E-state index contributed by atoms with van der Waals surface area (Å²) in [5, 5.41) is 0. The van der Waals surface area contributed by atoms with Gasteiger partial charge in [-0.15, -0.1) is 0 Å². The monoisotopic (exact) mass is 273 g/mol. The number of nitrogen functional groups attached to an aromatic ring is 1. The normalized spacial score (nSPS) is 20.0. The Hall–Kier alpha value is -1.46. The molecule has 1 aliphatic rings. The fourth-order valence-corrected chi connectivity index (χ4v) is 2.58. The molecule has 0 bridgehead atoms. The molecule has 1 aromatic heterocycles. The highest BCUT2D eigenvalue weighted by Gasteiger charge is 2.34. The molecule has 0 amide bonds. The van der Waals surface area contributed by atoms with Gasteiger partial charge in [-0.3, -0.25) is 0 Å². The second-order valence-electron chi connectivity index (χ2n) is 5.02. The van der Waals surface area contributed by atoms with E-state index in [9.17, 15) is 13.2 Å². The molecule has 19 heavy (non-hydrogen) atoms. The maximum absolute atomic E-state index is 12.7. The molecule has 2 rings (SSSR count). The number of alkyl halides is 3. The standard InChI is InChI=1S/C13H18F3N3/c1-2-3-9-4-5-19(8-9)11-6-12(13(14,15)16)18-7-10(11)17/h6-7,9H,2-5,8,17H2,1H3. The van der Waals surface area contributed by atoms with Gasteiger partial charge in [0.25, 0.3) is 0 Å². The third-order valence-corrected chi connectivity index (χ3v) is 3.53. The molecule has 1 fully saturated rings. The van der Waals surface area contributed by atoms with Crippen LogP contribution in [-0.4, -0.2) is 18.1 Å². The predicted octanol–water partition coefficient (Wildman–Crippen LogP) is 3.31. The van der Waals surface area contributed by atoms with Gasteiger partial charge < -0.3 is 10.6 Å². The lowest BCUT2D eigenvalue weighted by atomic mass is 10.0. The van der Waals surface area contributed by atoms with E-state index in [2.05, 4.69) is 11.9 Å². The summed E-state index contributed by atoms with van der Waals surface area (Å²) in [6.45, 7) is 3.65. The third-order valence-electron chi connectivity index (χ3n) is 3.53. The molecule has 1 aromatic rings. The summed E-state index contributed by atoms with van der Waals surface area (Å²) in [5.41, 5.74) is 5.65. The Morgan fingerprint density at radius 2 is 2.21 bits per heavy atom. The zero-order valence-electron chi connectivity index (χ0n) is 10.9. The molecule has 1 atom stereocenters. The second kappa shape index (κ2) is 5.27. The summed E-state index contributed by atoms with van der Waals surface area (Å²) in [6, 6.07) is 1.06. The quantitative estimate of drug-likeness (QED) is 0.918. The van der Waals surface area contributed by atoms with Crippen molar-refractivity contribution in [3.8, 4) is 0 Å². The molecule has 1 saturated heterocycles. The van der Waals surface area contributed by atoms with Crippen molar-refractivity contribution in [3.05, 3.63) is 18.0 Å². The van der Waals surface area contributed by atoms with Gasteiger partial charge in [0.1, 0.15) is 5.69 Å². The van der Waals surface area contributed by atoms with Crippen molar-refractivity contribution >= 4 is 11.4 Å². The first-order chi connectivity index (χ1) is 8.91. The van der Waals surface area contributed by atoms with Gasteiger partial charge in [-0.05, 0) is 24.8 Å². The summed E-state index contributed by atoms with van der Waals surface area (Å²) in [4.78, 5) is 5.30. The molecule has 3 nitrogen and oxygen atoms in total. The van der Waals surface area contributed by atoms with Gasteiger partial charge in [-0.25, -0.2) is 4.98 Å². The third kappa shape index (κ3) is 3.11. The van der Waals surface area contributed by atoms with Gasteiger partial charge in [0, 0.05) is 13.1 Å². The lowest BCUT2D eigenvalue weighted by Crippen LogP contribution is -2.22. The van der Waals surface area contributed by atoms with Crippen LogP contribution >= 0.6 is 0 Å². The summed E-state index contributed by atoms with van der Waals surface area (Å²) >= 11 is 0. The lowest BCUT2D eigenvalue weighted by molar-refractivity contribution is -0.141. The van der Waals surface area contributed by atoms with Crippen molar-refractivity contribution in [1.82, 2.24) is 4.98 Å². The van der Waals surface area contributed by atoms with Crippen LogP contribution in [0.3, 0.4) is 0 Å². The smallest absolute Gasteiger partial charge is 0.396 e. The van der Waals surface area contributed by atoms with Crippen LogP contribution in [0.15, 0.2) is 12.3 Å². The molecule has 0 spiro atoms. The maximum atomic E-state index is 12.7. The van der Waals surface area contributed by atoms with Gasteiger partial charge in [0.2, 0.25) is 0 Å². The van der Waals surface area contributed by atoms with E-state index in [4.69, 9.17) is 5.73 Å². The Labute approximate surface area is 110 Å². The average molecular weight is 273 g/mol. The zero-order valence-corrected chi connectivity index (χ0v) is 10.9. The number of hydrogen-bond acceptors (Lipinski definition) is 3. The van der Waals surface area contributed by atoms with E-state index >= 15 is 0 Å². The molecule has 0 saturated carbocycles. The van der Waals surface area contributed by atoms with Crippen LogP contribution in [0.5, 0.6) is 0 Å². The molecule has 0 aromatic carbocycles. The highest BCUT2D eigenvalue weighted by Crippen LogP contribution is 2.35. The van der Waals surface area contributed by atoms with Crippen molar-refractivity contribution in [2.75, 3.05) is 23.7 Å². The van der Waals surface area contributed by atoms with E-state index in [0.29, 0.717) is 17.3 Å². The van der Waals surface area contributed by atoms with E-state index < -0.39 is 11.9 Å². The highest BCUT2D eigenvalue weighted by molar-refractivity contribution is 5.67. The molecule has 0 radical (unpaired) electrons. The highest BCUT2D eigenvalue weighted by atomic mass is 19.4. The number of pyridine rings is 1. The molecule has 1 aliphatic heterocycles. The SMILES string of the molecule is CCCC1CCN(c2cc(C(F)(F)F)ncc2N)C1. The first kappa shape index (κ1) is 14.0. The van der Waals surface area contributed by atoms with E-state index in [1.807, 2.05) is 4.90 Å². The van der Waals surface area contributed by atoms with E-state index in [-0.39, 0.29) is 0 Å². The Kier molecular flexibility index (Phi) is 3.87. The van der Waals surface area contributed by atoms with Crippen molar-refractivity contribution < 1.29 is 13.2 Å². The number of aromatic nitrogens is 1. The topological polar surface area (TPSA) is 42.2 Å². The van der Waals surface area contributed by atoms with Crippen LogP contribution < -0.4 is 10.6 Å².